The number of carbonyl (C=O) groups is 2. The van der Waals surface area contributed by atoms with Crippen molar-refractivity contribution >= 4 is 11.9 Å². The number of nitrogens with one attached hydrogen (secondary N) is 3. The monoisotopic (exact) mass is 335 g/mol. The summed E-state index contributed by atoms with van der Waals surface area (Å²) in [4.78, 5) is 25.8. The van der Waals surface area contributed by atoms with E-state index in [9.17, 15) is 9.59 Å². The molecule has 1 aromatic rings. The maximum Gasteiger partial charge on any atom is 0.317 e. The van der Waals surface area contributed by atoms with Crippen LogP contribution in [0.5, 0.6) is 0 Å². The first-order valence-electron chi connectivity index (χ1n) is 8.75. The molecule has 1 aliphatic heterocycles. The second-order valence-electron chi connectivity index (χ2n) is 6.73. The van der Waals surface area contributed by atoms with Crippen LogP contribution < -0.4 is 10.6 Å². The van der Waals surface area contributed by atoms with E-state index in [0.717, 1.165) is 42.8 Å². The molecule has 1 aliphatic rings. The molecule has 2 heterocycles. The van der Waals surface area contributed by atoms with Crippen LogP contribution in [0.4, 0.5) is 4.79 Å². The zero-order valence-electron chi connectivity index (χ0n) is 15.1. The molecule has 0 aromatic carbocycles. The number of likely N-dealkylation sites (tertiary alicyclic amines) is 1. The number of amides is 3. The van der Waals surface area contributed by atoms with Crippen LogP contribution in [-0.2, 0) is 4.79 Å². The number of nitrogens with zero attached hydrogens (tertiary/aromatic N) is 2. The van der Waals surface area contributed by atoms with Gasteiger partial charge in [-0.25, -0.2) is 4.79 Å². The predicted octanol–water partition coefficient (Wildman–Crippen LogP) is 2.04. The molecule has 3 N–H and O–H groups in total. The molecule has 0 bridgehead atoms. The SMILES string of the molecule is Cc1n[nH]c(C)c1[C@H]1CCCN1C(=O)NCCCNC(=O)C(C)C. The van der Waals surface area contributed by atoms with E-state index in [2.05, 4.69) is 20.8 Å². The fourth-order valence-electron chi connectivity index (χ4n) is 3.16. The average Bonchev–Trinajstić information content (AvgIpc) is 3.13. The Morgan fingerprint density at radius 1 is 1.29 bits per heavy atom. The van der Waals surface area contributed by atoms with E-state index >= 15 is 0 Å². The van der Waals surface area contributed by atoms with Crippen molar-refractivity contribution in [3.8, 4) is 0 Å². The third-order valence-corrected chi connectivity index (χ3v) is 4.49. The molecule has 0 saturated carbocycles. The maximum absolute atomic E-state index is 12.5. The van der Waals surface area contributed by atoms with Gasteiger partial charge in [-0.2, -0.15) is 5.10 Å². The van der Waals surface area contributed by atoms with Gasteiger partial charge in [0.05, 0.1) is 11.7 Å². The summed E-state index contributed by atoms with van der Waals surface area (Å²) in [6, 6.07) is 0.0667. The Morgan fingerprint density at radius 2 is 2.00 bits per heavy atom. The van der Waals surface area contributed by atoms with Gasteiger partial charge in [-0.15, -0.1) is 0 Å². The molecule has 134 valence electrons. The third-order valence-electron chi connectivity index (χ3n) is 4.49. The summed E-state index contributed by atoms with van der Waals surface area (Å²) in [5.41, 5.74) is 3.15. The van der Waals surface area contributed by atoms with Crippen LogP contribution in [0.2, 0.25) is 0 Å². The minimum Gasteiger partial charge on any atom is -0.356 e. The van der Waals surface area contributed by atoms with Crippen molar-refractivity contribution in [2.45, 2.75) is 53.0 Å². The van der Waals surface area contributed by atoms with Gasteiger partial charge in [0.25, 0.3) is 0 Å². The summed E-state index contributed by atoms with van der Waals surface area (Å²) in [5.74, 6) is 0.0400. The lowest BCUT2D eigenvalue weighted by Crippen LogP contribution is -2.41. The molecule has 1 saturated heterocycles. The molecule has 1 atom stereocenters. The number of hydrogen-bond acceptors (Lipinski definition) is 3. The van der Waals surface area contributed by atoms with Gasteiger partial charge < -0.3 is 15.5 Å². The minimum atomic E-state index is -0.0345. The highest BCUT2D eigenvalue weighted by Gasteiger charge is 2.32. The second kappa shape index (κ2) is 8.17. The van der Waals surface area contributed by atoms with E-state index in [4.69, 9.17) is 0 Å². The number of H-pyrrole nitrogens is 1. The highest BCUT2D eigenvalue weighted by molar-refractivity contribution is 5.77. The smallest absolute Gasteiger partial charge is 0.317 e. The number of carbonyl (C=O) groups excluding carboxylic acids is 2. The number of aromatic nitrogens is 2. The van der Waals surface area contributed by atoms with Crippen LogP contribution in [0.25, 0.3) is 0 Å². The number of aryl methyl sites for hydroxylation is 2. The van der Waals surface area contributed by atoms with Crippen molar-refractivity contribution in [2.24, 2.45) is 5.92 Å². The van der Waals surface area contributed by atoms with E-state index in [1.165, 1.54) is 0 Å². The Morgan fingerprint density at radius 3 is 2.62 bits per heavy atom. The molecule has 2 rings (SSSR count). The largest absolute Gasteiger partial charge is 0.356 e. The van der Waals surface area contributed by atoms with Crippen molar-refractivity contribution in [1.29, 1.82) is 0 Å². The van der Waals surface area contributed by atoms with Gasteiger partial charge in [0.2, 0.25) is 5.91 Å². The van der Waals surface area contributed by atoms with Gasteiger partial charge in [-0.1, -0.05) is 13.8 Å². The van der Waals surface area contributed by atoms with Gasteiger partial charge in [0.1, 0.15) is 0 Å². The van der Waals surface area contributed by atoms with Crippen LogP contribution in [0.1, 0.15) is 56.1 Å². The Kier molecular flexibility index (Phi) is 6.23. The Hall–Kier alpha value is -2.05. The Bertz CT molecular complexity index is 562. The zero-order chi connectivity index (χ0) is 17.7. The fraction of sp³-hybridized carbons (Fsp3) is 0.706. The number of hydrogen-bond donors (Lipinski definition) is 3. The summed E-state index contributed by atoms with van der Waals surface area (Å²) in [7, 11) is 0. The summed E-state index contributed by atoms with van der Waals surface area (Å²) < 4.78 is 0. The second-order valence-corrected chi connectivity index (χ2v) is 6.73. The van der Waals surface area contributed by atoms with Gasteiger partial charge in [-0.05, 0) is 33.1 Å². The molecule has 24 heavy (non-hydrogen) atoms. The summed E-state index contributed by atoms with van der Waals surface area (Å²) in [5, 5.41) is 13.1. The van der Waals surface area contributed by atoms with Crippen LogP contribution in [-0.4, -0.2) is 46.7 Å². The quantitative estimate of drug-likeness (QED) is 0.695. The zero-order valence-corrected chi connectivity index (χ0v) is 15.1. The third kappa shape index (κ3) is 4.27. The molecular weight excluding hydrogens is 306 g/mol. The molecule has 0 unspecified atom stereocenters. The Labute approximate surface area is 143 Å². The first-order chi connectivity index (χ1) is 11.4. The van der Waals surface area contributed by atoms with E-state index in [0.29, 0.717) is 13.1 Å². The molecular formula is C17H29N5O2. The molecule has 7 heteroatoms. The van der Waals surface area contributed by atoms with Crippen LogP contribution in [0.15, 0.2) is 0 Å². The molecule has 1 fully saturated rings. The maximum atomic E-state index is 12.5. The van der Waals surface area contributed by atoms with Gasteiger partial charge in [0, 0.05) is 36.8 Å². The molecule has 0 spiro atoms. The first-order valence-corrected chi connectivity index (χ1v) is 8.75. The highest BCUT2D eigenvalue weighted by Crippen LogP contribution is 2.34. The molecule has 0 radical (unpaired) electrons. The molecule has 3 amide bonds. The molecule has 0 aliphatic carbocycles. The fourth-order valence-corrected chi connectivity index (χ4v) is 3.16. The lowest BCUT2D eigenvalue weighted by atomic mass is 10.0. The van der Waals surface area contributed by atoms with Crippen molar-refractivity contribution in [3.63, 3.8) is 0 Å². The van der Waals surface area contributed by atoms with Crippen LogP contribution in [0, 0.1) is 19.8 Å². The summed E-state index contributed by atoms with van der Waals surface area (Å²) >= 11 is 0. The molecule has 1 aromatic heterocycles. The number of urea groups is 1. The normalized spacial score (nSPS) is 17.4. The van der Waals surface area contributed by atoms with Crippen LogP contribution >= 0.6 is 0 Å². The van der Waals surface area contributed by atoms with Gasteiger partial charge in [0.15, 0.2) is 0 Å². The van der Waals surface area contributed by atoms with E-state index in [-0.39, 0.29) is 23.9 Å². The first kappa shape index (κ1) is 18.3. The molecule has 7 nitrogen and oxygen atoms in total. The van der Waals surface area contributed by atoms with E-state index in [1.807, 2.05) is 32.6 Å². The minimum absolute atomic E-state index is 0.00797. The van der Waals surface area contributed by atoms with Gasteiger partial charge >= 0.3 is 6.03 Å². The average molecular weight is 335 g/mol. The van der Waals surface area contributed by atoms with Gasteiger partial charge in [-0.3, -0.25) is 9.89 Å². The Balaban J connectivity index is 1.81. The summed E-state index contributed by atoms with van der Waals surface area (Å²) in [6.45, 7) is 9.62. The lowest BCUT2D eigenvalue weighted by molar-refractivity contribution is -0.123. The standard InChI is InChI=1S/C17H29N5O2/c1-11(2)16(23)18-8-6-9-19-17(24)22-10-5-7-14(22)15-12(3)20-21-13(15)4/h11,14H,5-10H2,1-4H3,(H,18,23)(H,19,24)(H,20,21)/t14-/m1/s1. The predicted molar refractivity (Wildman–Crippen MR) is 92.6 cm³/mol. The van der Waals surface area contributed by atoms with Crippen molar-refractivity contribution in [3.05, 3.63) is 17.0 Å². The topological polar surface area (TPSA) is 90.1 Å². The number of rotatable bonds is 6. The lowest BCUT2D eigenvalue weighted by Gasteiger charge is -2.25. The van der Waals surface area contributed by atoms with Crippen molar-refractivity contribution in [2.75, 3.05) is 19.6 Å². The van der Waals surface area contributed by atoms with E-state index in [1.54, 1.807) is 0 Å². The van der Waals surface area contributed by atoms with Crippen LogP contribution in [0.3, 0.4) is 0 Å². The highest BCUT2D eigenvalue weighted by atomic mass is 16.2. The van der Waals surface area contributed by atoms with E-state index < -0.39 is 0 Å². The van der Waals surface area contributed by atoms with Crippen molar-refractivity contribution < 1.29 is 9.59 Å². The summed E-state index contributed by atoms with van der Waals surface area (Å²) in [6.07, 6.45) is 2.71. The van der Waals surface area contributed by atoms with Crippen molar-refractivity contribution in [1.82, 2.24) is 25.7 Å². The number of aromatic amines is 1.